The maximum absolute atomic E-state index is 12.5. The van der Waals surface area contributed by atoms with Crippen molar-refractivity contribution in [2.75, 3.05) is 26.8 Å². The van der Waals surface area contributed by atoms with E-state index in [9.17, 15) is 9.59 Å². The Morgan fingerprint density at radius 1 is 1.29 bits per heavy atom. The van der Waals surface area contributed by atoms with Gasteiger partial charge in [0.15, 0.2) is 0 Å². The molecule has 0 N–H and O–H groups in total. The van der Waals surface area contributed by atoms with Crippen molar-refractivity contribution in [2.24, 2.45) is 0 Å². The van der Waals surface area contributed by atoms with Gasteiger partial charge in [0.05, 0.1) is 12.7 Å². The van der Waals surface area contributed by atoms with Crippen molar-refractivity contribution < 1.29 is 18.7 Å². The second-order valence-corrected chi connectivity index (χ2v) is 5.69. The van der Waals surface area contributed by atoms with E-state index in [1.165, 1.54) is 0 Å². The van der Waals surface area contributed by atoms with E-state index in [-0.39, 0.29) is 17.6 Å². The lowest BCUT2D eigenvalue weighted by atomic mass is 10.1. The number of likely N-dealkylation sites (N-methyl/N-ethyl adjacent to an activating group) is 1. The summed E-state index contributed by atoms with van der Waals surface area (Å²) in [5.41, 5.74) is -0.224. The first-order valence-corrected chi connectivity index (χ1v) is 7.99. The number of hydrogen-bond donors (Lipinski definition) is 0. The molecular formula is C18H23NO5. The van der Waals surface area contributed by atoms with Crippen LogP contribution >= 0.6 is 0 Å². The zero-order valence-corrected chi connectivity index (χ0v) is 14.5. The van der Waals surface area contributed by atoms with Crippen LogP contribution < -0.4 is 10.4 Å². The Morgan fingerprint density at radius 2 is 2.04 bits per heavy atom. The van der Waals surface area contributed by atoms with Crippen LogP contribution in [0.15, 0.2) is 33.5 Å². The Labute approximate surface area is 141 Å². The van der Waals surface area contributed by atoms with Crippen LogP contribution in [0, 0.1) is 0 Å². The van der Waals surface area contributed by atoms with Gasteiger partial charge in [-0.15, -0.1) is 0 Å². The van der Waals surface area contributed by atoms with Crippen LogP contribution in [0.25, 0.3) is 11.0 Å². The highest BCUT2D eigenvalue weighted by molar-refractivity contribution is 5.96. The Morgan fingerprint density at radius 3 is 2.67 bits per heavy atom. The highest BCUT2D eigenvalue weighted by Gasteiger charge is 2.19. The van der Waals surface area contributed by atoms with Gasteiger partial charge in [0.2, 0.25) is 0 Å². The Bertz CT molecular complexity index is 766. The molecule has 1 aromatic carbocycles. The van der Waals surface area contributed by atoms with Crippen molar-refractivity contribution in [3.05, 3.63) is 40.2 Å². The maximum atomic E-state index is 12.5. The van der Waals surface area contributed by atoms with Crippen molar-refractivity contribution in [1.29, 1.82) is 0 Å². The average molecular weight is 333 g/mol. The highest BCUT2D eigenvalue weighted by Crippen LogP contribution is 2.21. The first kappa shape index (κ1) is 18.0. The molecule has 1 amide bonds. The lowest BCUT2D eigenvalue weighted by Gasteiger charge is -2.19. The minimum atomic E-state index is -0.648. The zero-order chi connectivity index (χ0) is 17.7. The number of methoxy groups -OCH3 is 1. The second kappa shape index (κ2) is 7.97. The van der Waals surface area contributed by atoms with E-state index in [0.717, 1.165) is 0 Å². The van der Waals surface area contributed by atoms with E-state index < -0.39 is 5.63 Å². The number of benzene rings is 1. The predicted octanol–water partition coefficient (Wildman–Crippen LogP) is 2.69. The predicted molar refractivity (Wildman–Crippen MR) is 91.7 cm³/mol. The van der Waals surface area contributed by atoms with Gasteiger partial charge in [-0.3, -0.25) is 4.79 Å². The molecule has 0 radical (unpaired) electrons. The molecule has 0 fully saturated rings. The normalized spacial score (nSPS) is 11.0. The van der Waals surface area contributed by atoms with Crippen LogP contribution in [-0.2, 0) is 4.74 Å². The molecule has 130 valence electrons. The Kier molecular flexibility index (Phi) is 5.98. The molecular weight excluding hydrogens is 310 g/mol. The Balaban J connectivity index is 2.36. The molecule has 6 heteroatoms. The molecule has 0 saturated carbocycles. The lowest BCUT2D eigenvalue weighted by molar-refractivity contribution is 0.0702. The second-order valence-electron chi connectivity index (χ2n) is 5.69. The number of amides is 1. The molecule has 2 rings (SSSR count). The van der Waals surface area contributed by atoms with Gasteiger partial charge >= 0.3 is 5.63 Å². The smallest absolute Gasteiger partial charge is 0.349 e. The van der Waals surface area contributed by atoms with E-state index >= 15 is 0 Å². The van der Waals surface area contributed by atoms with Crippen LogP contribution in [0.2, 0.25) is 0 Å². The molecule has 0 unspecified atom stereocenters. The number of fused-ring (bicyclic) bond motifs is 1. The van der Waals surface area contributed by atoms with Gasteiger partial charge in [-0.2, -0.15) is 0 Å². The van der Waals surface area contributed by atoms with Crippen molar-refractivity contribution in [3.63, 3.8) is 0 Å². The highest BCUT2D eigenvalue weighted by atomic mass is 16.5. The minimum Gasteiger partial charge on any atom is -0.491 e. The third-order valence-electron chi connectivity index (χ3n) is 3.54. The molecule has 0 aliphatic rings. The van der Waals surface area contributed by atoms with Crippen LogP contribution in [0.1, 0.15) is 31.1 Å². The number of carbonyl (C=O) groups excluding carboxylic acids is 1. The maximum Gasteiger partial charge on any atom is 0.349 e. The van der Waals surface area contributed by atoms with Crippen molar-refractivity contribution in [3.8, 4) is 5.75 Å². The van der Waals surface area contributed by atoms with Crippen LogP contribution in [0.4, 0.5) is 0 Å². The summed E-state index contributed by atoms with van der Waals surface area (Å²) in [5, 5.41) is 0.678. The van der Waals surface area contributed by atoms with E-state index in [2.05, 4.69) is 0 Å². The summed E-state index contributed by atoms with van der Waals surface area (Å²) in [4.78, 5) is 26.3. The lowest BCUT2D eigenvalue weighted by Crippen LogP contribution is -2.36. The molecule has 0 aliphatic carbocycles. The number of nitrogens with zero attached hydrogens (tertiary/aromatic N) is 1. The minimum absolute atomic E-state index is 0.0221. The monoisotopic (exact) mass is 333 g/mol. The van der Waals surface area contributed by atoms with Gasteiger partial charge in [0.1, 0.15) is 16.9 Å². The number of carbonyl (C=O) groups is 1. The van der Waals surface area contributed by atoms with Crippen molar-refractivity contribution in [1.82, 2.24) is 4.90 Å². The summed E-state index contributed by atoms with van der Waals surface area (Å²) < 4.78 is 15.9. The summed E-state index contributed by atoms with van der Waals surface area (Å²) in [5.74, 6) is 0.266. The van der Waals surface area contributed by atoms with Crippen molar-refractivity contribution >= 4 is 16.9 Å². The molecule has 1 heterocycles. The molecule has 24 heavy (non-hydrogen) atoms. The topological polar surface area (TPSA) is 69.0 Å². The van der Waals surface area contributed by atoms with Gasteiger partial charge in [0.25, 0.3) is 5.91 Å². The van der Waals surface area contributed by atoms with Gasteiger partial charge < -0.3 is 18.8 Å². The number of rotatable bonds is 7. The van der Waals surface area contributed by atoms with Crippen LogP contribution in [0.3, 0.4) is 0 Å². The molecule has 0 spiro atoms. The molecule has 0 bridgehead atoms. The van der Waals surface area contributed by atoms with Gasteiger partial charge in [0, 0.05) is 31.7 Å². The van der Waals surface area contributed by atoms with Gasteiger partial charge in [-0.25, -0.2) is 4.79 Å². The largest absolute Gasteiger partial charge is 0.491 e. The third-order valence-corrected chi connectivity index (χ3v) is 3.54. The van der Waals surface area contributed by atoms with Gasteiger partial charge in [-0.05, 0) is 39.0 Å². The molecule has 0 atom stereocenters. The van der Waals surface area contributed by atoms with E-state index in [1.807, 2.05) is 20.8 Å². The summed E-state index contributed by atoms with van der Waals surface area (Å²) in [7, 11) is 1.57. The first-order valence-electron chi connectivity index (χ1n) is 7.99. The van der Waals surface area contributed by atoms with Crippen molar-refractivity contribution in [2.45, 2.75) is 26.9 Å². The summed E-state index contributed by atoms with van der Waals surface area (Å²) in [6.07, 6.45) is 0.0221. The van der Waals surface area contributed by atoms with E-state index in [0.29, 0.717) is 36.4 Å². The van der Waals surface area contributed by atoms with E-state index in [4.69, 9.17) is 13.9 Å². The van der Waals surface area contributed by atoms with Gasteiger partial charge in [-0.1, -0.05) is 0 Å². The average Bonchev–Trinajstić information content (AvgIpc) is 2.54. The Hall–Kier alpha value is -2.34. The summed E-state index contributed by atoms with van der Waals surface area (Å²) in [6, 6.07) is 6.79. The van der Waals surface area contributed by atoms with E-state index in [1.54, 1.807) is 36.3 Å². The zero-order valence-electron chi connectivity index (χ0n) is 14.5. The summed E-state index contributed by atoms with van der Waals surface area (Å²) in [6.45, 7) is 7.01. The standard InChI is InChI=1S/C18H23NO5/c1-5-19(8-9-22-4)17(20)15-10-13-6-7-14(23-12(2)3)11-16(13)24-18(15)21/h6-7,10-12H,5,8-9H2,1-4H3. The first-order chi connectivity index (χ1) is 11.5. The molecule has 0 aliphatic heterocycles. The summed E-state index contributed by atoms with van der Waals surface area (Å²) >= 11 is 0. The fourth-order valence-electron chi connectivity index (χ4n) is 2.36. The molecule has 1 aromatic heterocycles. The SMILES string of the molecule is CCN(CCOC)C(=O)c1cc2ccc(OC(C)C)cc2oc1=O. The van der Waals surface area contributed by atoms with Crippen LogP contribution in [-0.4, -0.2) is 43.7 Å². The quantitative estimate of drug-likeness (QED) is 0.729. The molecule has 0 saturated heterocycles. The third kappa shape index (κ3) is 4.14. The van der Waals surface area contributed by atoms with Crippen LogP contribution in [0.5, 0.6) is 5.75 Å². The molecule has 2 aromatic rings. The molecule has 6 nitrogen and oxygen atoms in total. The fraction of sp³-hybridized carbons (Fsp3) is 0.444. The fourth-order valence-corrected chi connectivity index (χ4v) is 2.36. The number of hydrogen-bond acceptors (Lipinski definition) is 5. The number of ether oxygens (including phenoxy) is 2.